The van der Waals surface area contributed by atoms with Gasteiger partial charge in [-0.1, -0.05) is 6.42 Å². The van der Waals surface area contributed by atoms with Gasteiger partial charge < -0.3 is 16.0 Å². The van der Waals surface area contributed by atoms with Gasteiger partial charge in [0.2, 0.25) is 5.91 Å². The van der Waals surface area contributed by atoms with E-state index in [2.05, 4.69) is 20.9 Å². The molecule has 154 valence electrons. The van der Waals surface area contributed by atoms with Gasteiger partial charge in [0, 0.05) is 29.2 Å². The molecule has 10 heteroatoms. The van der Waals surface area contributed by atoms with Crippen LogP contribution in [0.25, 0.3) is 10.6 Å². The molecule has 2 fully saturated rings. The molecule has 3 heterocycles. The molecule has 0 unspecified atom stereocenters. The van der Waals surface area contributed by atoms with Gasteiger partial charge in [0.1, 0.15) is 5.01 Å². The maximum atomic E-state index is 12.3. The summed E-state index contributed by atoms with van der Waals surface area (Å²) in [4.78, 5) is 27.8. The van der Waals surface area contributed by atoms with E-state index in [1.54, 1.807) is 17.5 Å². The largest absolute Gasteiger partial charge is 0.332 e. The van der Waals surface area contributed by atoms with Gasteiger partial charge in [-0.3, -0.25) is 4.79 Å². The third kappa shape index (κ3) is 4.43. The summed E-state index contributed by atoms with van der Waals surface area (Å²) >= 11 is 1.56. The van der Waals surface area contributed by atoms with Crippen LogP contribution in [-0.4, -0.2) is 48.4 Å². The van der Waals surface area contributed by atoms with E-state index in [0.717, 1.165) is 16.3 Å². The number of sulfone groups is 1. The zero-order chi connectivity index (χ0) is 20.4. The number of hydrogen-bond donors (Lipinski definition) is 3. The highest BCUT2D eigenvalue weighted by Gasteiger charge is 2.51. The first kappa shape index (κ1) is 19.8. The quantitative estimate of drug-likeness (QED) is 0.456. The van der Waals surface area contributed by atoms with Gasteiger partial charge in [-0.25, -0.2) is 18.2 Å². The van der Waals surface area contributed by atoms with Crippen LogP contribution < -0.4 is 16.0 Å². The van der Waals surface area contributed by atoms with Crippen molar-refractivity contribution in [2.45, 2.75) is 43.0 Å². The van der Waals surface area contributed by atoms with Crippen molar-refractivity contribution in [2.75, 3.05) is 11.1 Å². The summed E-state index contributed by atoms with van der Waals surface area (Å²) in [5, 5.41) is 10.5. The fraction of sp³-hybridized carbons (Fsp3) is 0.421. The monoisotopic (exact) mass is 434 g/mol. The Bertz CT molecular complexity index is 990. The Balaban J connectivity index is 1.23. The summed E-state index contributed by atoms with van der Waals surface area (Å²) in [7, 11) is -3.22. The number of anilines is 1. The van der Waals surface area contributed by atoms with E-state index in [1.165, 1.54) is 0 Å². The number of carbonyl (C=O) groups is 2. The molecule has 1 aromatic heterocycles. The van der Waals surface area contributed by atoms with Gasteiger partial charge >= 0.3 is 6.03 Å². The van der Waals surface area contributed by atoms with Crippen LogP contribution in [0.15, 0.2) is 35.8 Å². The molecule has 0 radical (unpaired) electrons. The Morgan fingerprint density at radius 1 is 1.21 bits per heavy atom. The van der Waals surface area contributed by atoms with Crippen molar-refractivity contribution in [2.24, 2.45) is 0 Å². The molecule has 0 aliphatic carbocycles. The highest BCUT2D eigenvalue weighted by atomic mass is 32.2. The molecule has 3 N–H and O–H groups in total. The van der Waals surface area contributed by atoms with E-state index in [0.29, 0.717) is 25.7 Å². The van der Waals surface area contributed by atoms with Crippen LogP contribution in [0.2, 0.25) is 0 Å². The van der Waals surface area contributed by atoms with Gasteiger partial charge in [-0.05, 0) is 37.1 Å². The molecule has 0 bridgehead atoms. The summed E-state index contributed by atoms with van der Waals surface area (Å²) < 4.78 is 24.6. The molecule has 1 aromatic carbocycles. The van der Waals surface area contributed by atoms with Gasteiger partial charge in [0.15, 0.2) is 9.84 Å². The summed E-state index contributed by atoms with van der Waals surface area (Å²) in [6.45, 7) is 0. The Kier molecular flexibility index (Phi) is 5.55. The number of thiazole rings is 1. The van der Waals surface area contributed by atoms with Crippen LogP contribution in [0.1, 0.15) is 25.7 Å². The molecule has 8 nitrogen and oxygen atoms in total. The molecular formula is C19H22N4O4S2. The van der Waals surface area contributed by atoms with E-state index >= 15 is 0 Å². The third-order valence-electron chi connectivity index (χ3n) is 5.31. The second-order valence-corrected chi connectivity index (χ2v) is 10.5. The number of benzene rings is 1. The molecule has 0 saturated carbocycles. The number of nitrogens with zero attached hydrogens (tertiary/aromatic N) is 1. The van der Waals surface area contributed by atoms with Gasteiger partial charge in [0.25, 0.3) is 0 Å². The number of unbranched alkanes of at least 4 members (excludes halogenated alkanes) is 1. The molecule has 2 saturated heterocycles. The summed E-state index contributed by atoms with van der Waals surface area (Å²) in [5.74, 6) is -0.117. The first-order valence-corrected chi connectivity index (χ1v) is 12.1. The van der Waals surface area contributed by atoms with Crippen molar-refractivity contribution < 1.29 is 18.0 Å². The zero-order valence-corrected chi connectivity index (χ0v) is 17.3. The van der Waals surface area contributed by atoms with Crippen LogP contribution in [-0.2, 0) is 14.6 Å². The topological polar surface area (TPSA) is 117 Å². The van der Waals surface area contributed by atoms with E-state index in [1.807, 2.05) is 29.6 Å². The van der Waals surface area contributed by atoms with Crippen molar-refractivity contribution in [3.05, 3.63) is 35.8 Å². The maximum Gasteiger partial charge on any atom is 0.315 e. The van der Waals surface area contributed by atoms with E-state index in [4.69, 9.17) is 0 Å². The van der Waals surface area contributed by atoms with Crippen LogP contribution in [0.4, 0.5) is 10.5 Å². The Labute approximate surface area is 173 Å². The van der Waals surface area contributed by atoms with Gasteiger partial charge in [-0.2, -0.15) is 0 Å². The smallest absolute Gasteiger partial charge is 0.315 e. The summed E-state index contributed by atoms with van der Waals surface area (Å²) in [6.07, 6.45) is 3.72. The number of aromatic nitrogens is 1. The summed E-state index contributed by atoms with van der Waals surface area (Å²) in [6, 6.07) is 6.51. The first-order chi connectivity index (χ1) is 13.9. The lowest BCUT2D eigenvalue weighted by molar-refractivity contribution is -0.116. The normalized spacial score (nSPS) is 24.6. The second kappa shape index (κ2) is 8.11. The lowest BCUT2D eigenvalue weighted by Gasteiger charge is -2.16. The molecule has 2 aromatic rings. The zero-order valence-electron chi connectivity index (χ0n) is 15.6. The Morgan fingerprint density at radius 2 is 2.00 bits per heavy atom. The predicted molar refractivity (Wildman–Crippen MR) is 111 cm³/mol. The molecule has 3 atom stereocenters. The molecule has 2 aliphatic heterocycles. The van der Waals surface area contributed by atoms with Crippen molar-refractivity contribution in [1.29, 1.82) is 0 Å². The van der Waals surface area contributed by atoms with Crippen molar-refractivity contribution in [3.8, 4) is 10.6 Å². The van der Waals surface area contributed by atoms with E-state index < -0.39 is 15.1 Å². The minimum Gasteiger partial charge on any atom is -0.332 e. The lowest BCUT2D eigenvalue weighted by atomic mass is 10.0. The number of rotatable bonds is 7. The fourth-order valence-electron chi connectivity index (χ4n) is 3.92. The van der Waals surface area contributed by atoms with E-state index in [9.17, 15) is 18.0 Å². The minimum atomic E-state index is -3.22. The Morgan fingerprint density at radius 3 is 2.72 bits per heavy atom. The van der Waals surface area contributed by atoms with Crippen LogP contribution in [0.5, 0.6) is 0 Å². The minimum absolute atomic E-state index is 0.0153. The van der Waals surface area contributed by atoms with Crippen LogP contribution in [0.3, 0.4) is 0 Å². The number of hydrogen-bond acceptors (Lipinski definition) is 6. The third-order valence-corrected chi connectivity index (χ3v) is 8.41. The highest BCUT2D eigenvalue weighted by molar-refractivity contribution is 7.92. The van der Waals surface area contributed by atoms with Crippen LogP contribution >= 0.6 is 11.3 Å². The standard InChI is InChI=1S/C19H22N4O4S2/c24-16(21-13-7-5-12(6-8-13)18-20-9-10-28-18)4-2-1-3-15-17-14(11-29(15,26)27)22-19(25)23-17/h5-10,14-15,17H,1-4,11H2,(H,21,24)(H2,22,23,25)/t14-,15+,17+/m0/s1. The lowest BCUT2D eigenvalue weighted by Crippen LogP contribution is -2.39. The predicted octanol–water partition coefficient (Wildman–Crippen LogP) is 2.16. The molecule has 3 amide bonds. The number of carbonyl (C=O) groups excluding carboxylic acids is 2. The maximum absolute atomic E-state index is 12.3. The second-order valence-electron chi connectivity index (χ2n) is 7.33. The average Bonchev–Trinajstić information content (AvgIpc) is 3.36. The first-order valence-electron chi connectivity index (χ1n) is 9.51. The number of urea groups is 1. The molecule has 29 heavy (non-hydrogen) atoms. The number of nitrogens with one attached hydrogen (secondary N) is 3. The van der Waals surface area contributed by atoms with Gasteiger partial charge in [-0.15, -0.1) is 11.3 Å². The molecule has 2 aliphatic rings. The number of fused-ring (bicyclic) bond motifs is 1. The van der Waals surface area contributed by atoms with Crippen LogP contribution in [0, 0.1) is 0 Å². The Hall–Kier alpha value is -2.46. The van der Waals surface area contributed by atoms with Crippen molar-refractivity contribution >= 4 is 38.8 Å². The molecule has 4 rings (SSSR count). The van der Waals surface area contributed by atoms with Crippen molar-refractivity contribution in [1.82, 2.24) is 15.6 Å². The van der Waals surface area contributed by atoms with E-state index in [-0.39, 0.29) is 29.8 Å². The summed E-state index contributed by atoms with van der Waals surface area (Å²) in [5.41, 5.74) is 1.72. The molecule has 0 spiro atoms. The average molecular weight is 435 g/mol. The van der Waals surface area contributed by atoms with Crippen molar-refractivity contribution in [3.63, 3.8) is 0 Å². The SMILES string of the molecule is O=C(CCCC[C@@H]1[C@@H]2NC(=O)N[C@H]2CS1(=O)=O)Nc1ccc(-c2nccs2)cc1. The van der Waals surface area contributed by atoms with Gasteiger partial charge in [0.05, 0.1) is 23.1 Å². The number of amides is 3. The highest BCUT2D eigenvalue weighted by Crippen LogP contribution is 2.28. The molecular weight excluding hydrogens is 412 g/mol. The fourth-order valence-corrected chi connectivity index (χ4v) is 6.84.